The number of β-amino-alcohol motifs (C(OH)–C–C–N with tert-alkyl or cyclic N) is 1. The summed E-state index contributed by atoms with van der Waals surface area (Å²) in [7, 11) is 1.68. The van der Waals surface area contributed by atoms with Crippen molar-refractivity contribution in [3.8, 4) is 5.75 Å². The largest absolute Gasteiger partial charge is 0.497 e. The van der Waals surface area contributed by atoms with Gasteiger partial charge in [-0.25, -0.2) is 0 Å². The molecular weight excluding hydrogens is 324 g/mol. The van der Waals surface area contributed by atoms with Crippen molar-refractivity contribution < 1.29 is 9.84 Å². The first kappa shape index (κ1) is 17.1. The average molecular weight is 350 g/mol. The summed E-state index contributed by atoms with van der Waals surface area (Å²) in [6.07, 6.45) is 0.591. The maximum Gasteiger partial charge on any atom is 0.119 e. The number of hydrogen-bond acceptors (Lipinski definition) is 3. The molecule has 2 aromatic carbocycles. The van der Waals surface area contributed by atoms with Crippen LogP contribution in [0.5, 0.6) is 5.75 Å². The second-order valence-corrected chi connectivity index (χ2v) is 7.25. The molecular formula is C22H26N2O2. The second-order valence-electron chi connectivity index (χ2n) is 7.25. The van der Waals surface area contributed by atoms with Gasteiger partial charge < -0.3 is 14.8 Å². The minimum absolute atomic E-state index is 0.171. The Kier molecular flexibility index (Phi) is 4.70. The van der Waals surface area contributed by atoms with Crippen molar-refractivity contribution in [3.63, 3.8) is 0 Å². The Morgan fingerprint density at radius 3 is 2.81 bits per heavy atom. The van der Waals surface area contributed by atoms with E-state index in [9.17, 15) is 5.11 Å². The fourth-order valence-corrected chi connectivity index (χ4v) is 4.12. The molecule has 4 nitrogen and oxygen atoms in total. The highest BCUT2D eigenvalue weighted by Crippen LogP contribution is 2.31. The number of para-hydroxylation sites is 1. The highest BCUT2D eigenvalue weighted by Gasteiger charge is 2.29. The van der Waals surface area contributed by atoms with Crippen LogP contribution >= 0.6 is 0 Å². The molecule has 0 radical (unpaired) electrons. The van der Waals surface area contributed by atoms with Gasteiger partial charge >= 0.3 is 0 Å². The zero-order valence-corrected chi connectivity index (χ0v) is 15.4. The Hall–Kier alpha value is -2.30. The second kappa shape index (κ2) is 7.14. The first-order valence-corrected chi connectivity index (χ1v) is 9.26. The summed E-state index contributed by atoms with van der Waals surface area (Å²) in [6, 6.07) is 16.5. The van der Waals surface area contributed by atoms with Gasteiger partial charge in [-0.05, 0) is 49.2 Å². The van der Waals surface area contributed by atoms with E-state index >= 15 is 0 Å². The van der Waals surface area contributed by atoms with E-state index in [-0.39, 0.29) is 12.0 Å². The molecule has 0 amide bonds. The van der Waals surface area contributed by atoms with Gasteiger partial charge in [-0.1, -0.05) is 30.3 Å². The molecule has 26 heavy (non-hydrogen) atoms. The van der Waals surface area contributed by atoms with E-state index < -0.39 is 0 Å². The summed E-state index contributed by atoms with van der Waals surface area (Å²) in [4.78, 5) is 5.89. The summed E-state index contributed by atoms with van der Waals surface area (Å²) in [5.74, 6) is 1.02. The van der Waals surface area contributed by atoms with Crippen molar-refractivity contribution >= 4 is 10.9 Å². The third-order valence-corrected chi connectivity index (χ3v) is 5.64. The summed E-state index contributed by atoms with van der Waals surface area (Å²) in [5.41, 5.74) is 4.91. The van der Waals surface area contributed by atoms with Gasteiger partial charge in [0.1, 0.15) is 5.75 Å². The number of nitrogens with one attached hydrogen (secondary N) is 1. The maximum atomic E-state index is 10.8. The zero-order valence-electron chi connectivity index (χ0n) is 15.4. The number of aromatic nitrogens is 1. The smallest absolute Gasteiger partial charge is 0.119 e. The number of aromatic amines is 1. The van der Waals surface area contributed by atoms with E-state index in [1.165, 1.54) is 27.7 Å². The minimum Gasteiger partial charge on any atom is -0.497 e. The molecule has 2 atom stereocenters. The van der Waals surface area contributed by atoms with Crippen molar-refractivity contribution in [3.05, 3.63) is 65.4 Å². The number of nitrogens with zero attached hydrogens (tertiary/aromatic N) is 1. The average Bonchev–Trinajstić information content (AvgIpc) is 2.98. The number of H-pyrrole nitrogens is 1. The lowest BCUT2D eigenvalue weighted by Gasteiger charge is -2.36. The number of benzene rings is 2. The number of aliphatic hydroxyl groups is 1. The molecule has 1 aromatic heterocycles. The predicted molar refractivity (Wildman–Crippen MR) is 105 cm³/mol. The van der Waals surface area contributed by atoms with E-state index in [2.05, 4.69) is 47.1 Å². The van der Waals surface area contributed by atoms with Crippen LogP contribution < -0.4 is 4.74 Å². The van der Waals surface area contributed by atoms with Crippen LogP contribution in [0.3, 0.4) is 0 Å². The maximum absolute atomic E-state index is 10.8. The molecule has 4 heteroatoms. The fraction of sp³-hybridized carbons (Fsp3) is 0.364. The number of ether oxygens (including phenoxy) is 1. The van der Waals surface area contributed by atoms with E-state index in [1.807, 2.05) is 18.2 Å². The van der Waals surface area contributed by atoms with Crippen LogP contribution in [0.1, 0.15) is 29.2 Å². The van der Waals surface area contributed by atoms with E-state index in [0.717, 1.165) is 25.3 Å². The predicted octanol–water partition coefficient (Wildman–Crippen LogP) is 3.84. The molecule has 0 saturated carbocycles. The van der Waals surface area contributed by atoms with Crippen molar-refractivity contribution in [1.29, 1.82) is 0 Å². The molecule has 2 heterocycles. The van der Waals surface area contributed by atoms with Gasteiger partial charge in [-0.2, -0.15) is 0 Å². The van der Waals surface area contributed by atoms with E-state index in [0.29, 0.717) is 6.54 Å². The topological polar surface area (TPSA) is 48.5 Å². The van der Waals surface area contributed by atoms with Crippen molar-refractivity contribution in [2.45, 2.75) is 31.9 Å². The summed E-state index contributed by atoms with van der Waals surface area (Å²) in [5, 5.41) is 12.0. The number of aliphatic hydroxyl groups excluding tert-OH is 1. The molecule has 4 rings (SSSR count). The minimum atomic E-state index is -0.361. The highest BCUT2D eigenvalue weighted by molar-refractivity contribution is 5.84. The summed E-state index contributed by atoms with van der Waals surface area (Å²) < 4.78 is 5.33. The molecule has 0 spiro atoms. The number of aryl methyl sites for hydroxylation is 1. The van der Waals surface area contributed by atoms with Crippen LogP contribution in [0.2, 0.25) is 0 Å². The lowest BCUT2D eigenvalue weighted by atomic mass is 9.87. The molecule has 1 fully saturated rings. The van der Waals surface area contributed by atoms with Gasteiger partial charge in [0.15, 0.2) is 0 Å². The first-order chi connectivity index (χ1) is 12.7. The van der Waals surface area contributed by atoms with Crippen molar-refractivity contribution in [2.75, 3.05) is 20.2 Å². The molecule has 2 N–H and O–H groups in total. The molecule has 0 unspecified atom stereocenters. The molecule has 0 bridgehead atoms. The van der Waals surface area contributed by atoms with Crippen LogP contribution in [0.25, 0.3) is 10.9 Å². The van der Waals surface area contributed by atoms with Crippen molar-refractivity contribution in [1.82, 2.24) is 9.88 Å². The Balaban J connectivity index is 1.47. The van der Waals surface area contributed by atoms with Crippen LogP contribution in [-0.4, -0.2) is 41.3 Å². The molecule has 1 aliphatic heterocycles. The zero-order chi connectivity index (χ0) is 18.1. The summed E-state index contributed by atoms with van der Waals surface area (Å²) in [6.45, 7) is 4.69. The number of piperidine rings is 1. The quantitative estimate of drug-likeness (QED) is 0.752. The molecule has 1 saturated heterocycles. The third-order valence-electron chi connectivity index (χ3n) is 5.64. The third kappa shape index (κ3) is 3.22. The van der Waals surface area contributed by atoms with E-state index in [4.69, 9.17) is 4.74 Å². The van der Waals surface area contributed by atoms with Crippen LogP contribution in [0, 0.1) is 6.92 Å². The van der Waals surface area contributed by atoms with Gasteiger partial charge in [0.2, 0.25) is 0 Å². The van der Waals surface area contributed by atoms with Gasteiger partial charge in [0.05, 0.1) is 13.2 Å². The van der Waals surface area contributed by atoms with Gasteiger partial charge in [0.25, 0.3) is 0 Å². The highest BCUT2D eigenvalue weighted by atomic mass is 16.5. The normalized spacial score (nSPS) is 21.2. The molecule has 0 aliphatic carbocycles. The lowest BCUT2D eigenvalue weighted by molar-refractivity contribution is 0.0471. The van der Waals surface area contributed by atoms with Crippen LogP contribution in [0.15, 0.2) is 48.5 Å². The standard InChI is InChI=1S/C22H26N2O2/c1-15-18-8-3-4-9-20(18)23-21(15)13-24-11-10-19(22(25)14-24)16-6-5-7-17(12-16)26-2/h3-9,12,19,22-23,25H,10-11,13-14H2,1-2H3/t19-,22+/m0/s1. The fourth-order valence-electron chi connectivity index (χ4n) is 4.12. The van der Waals surface area contributed by atoms with E-state index in [1.54, 1.807) is 7.11 Å². The Labute approximate surface area is 154 Å². The van der Waals surface area contributed by atoms with Crippen LogP contribution in [-0.2, 0) is 6.54 Å². The lowest BCUT2D eigenvalue weighted by Crippen LogP contribution is -2.42. The Morgan fingerprint density at radius 2 is 2.04 bits per heavy atom. The number of hydrogen-bond donors (Lipinski definition) is 2. The molecule has 136 valence electrons. The number of likely N-dealkylation sites (tertiary alicyclic amines) is 1. The Bertz CT molecular complexity index is 902. The van der Waals surface area contributed by atoms with Gasteiger partial charge in [-0.3, -0.25) is 4.90 Å². The van der Waals surface area contributed by atoms with Crippen LogP contribution in [0.4, 0.5) is 0 Å². The monoisotopic (exact) mass is 350 g/mol. The van der Waals surface area contributed by atoms with Gasteiger partial charge in [0, 0.05) is 35.6 Å². The Morgan fingerprint density at radius 1 is 1.19 bits per heavy atom. The SMILES string of the molecule is COc1cccc([C@@H]2CCN(Cc3[nH]c4ccccc4c3C)C[C@H]2O)c1. The number of rotatable bonds is 4. The summed E-state index contributed by atoms with van der Waals surface area (Å²) >= 11 is 0. The molecule has 3 aromatic rings. The van der Waals surface area contributed by atoms with Crippen molar-refractivity contribution in [2.24, 2.45) is 0 Å². The molecule has 1 aliphatic rings. The van der Waals surface area contributed by atoms with Gasteiger partial charge in [-0.15, -0.1) is 0 Å². The number of methoxy groups -OCH3 is 1. The first-order valence-electron chi connectivity index (χ1n) is 9.26. The number of fused-ring (bicyclic) bond motifs is 1.